The zero-order valence-corrected chi connectivity index (χ0v) is 7.84. The lowest BCUT2D eigenvalue weighted by Crippen LogP contribution is -2.04. The molecular weight excluding hydrogens is 207 g/mol. The molecule has 1 heterocycles. The number of fused-ring (bicyclic) bond motifs is 1. The van der Waals surface area contributed by atoms with Crippen LogP contribution in [0.15, 0.2) is 18.2 Å². The van der Waals surface area contributed by atoms with E-state index in [0.717, 1.165) is 12.1 Å². The zero-order valence-electron chi connectivity index (χ0n) is 7.84. The van der Waals surface area contributed by atoms with Gasteiger partial charge in [-0.1, -0.05) is 0 Å². The molecule has 2 N–H and O–H groups in total. The van der Waals surface area contributed by atoms with E-state index < -0.39 is 11.7 Å². The number of imidazole rings is 1. The van der Waals surface area contributed by atoms with Crippen molar-refractivity contribution in [1.82, 2.24) is 9.55 Å². The van der Waals surface area contributed by atoms with Gasteiger partial charge < -0.3 is 10.3 Å². The molecule has 0 saturated carbocycles. The van der Waals surface area contributed by atoms with Crippen molar-refractivity contribution in [3.63, 3.8) is 0 Å². The van der Waals surface area contributed by atoms with Crippen LogP contribution >= 0.6 is 0 Å². The van der Waals surface area contributed by atoms with Crippen LogP contribution in [0.3, 0.4) is 0 Å². The van der Waals surface area contributed by atoms with Crippen molar-refractivity contribution >= 4 is 17.0 Å². The third-order valence-electron chi connectivity index (χ3n) is 2.24. The third-order valence-corrected chi connectivity index (χ3v) is 2.24. The van der Waals surface area contributed by atoms with Gasteiger partial charge in [0.2, 0.25) is 5.95 Å². The fourth-order valence-electron chi connectivity index (χ4n) is 1.38. The van der Waals surface area contributed by atoms with E-state index in [1.165, 1.54) is 10.6 Å². The van der Waals surface area contributed by atoms with Crippen molar-refractivity contribution in [2.24, 2.45) is 7.05 Å². The van der Waals surface area contributed by atoms with Crippen molar-refractivity contribution in [3.05, 3.63) is 23.8 Å². The monoisotopic (exact) mass is 215 g/mol. The Morgan fingerprint density at radius 3 is 2.60 bits per heavy atom. The van der Waals surface area contributed by atoms with Gasteiger partial charge in [-0.25, -0.2) is 4.98 Å². The van der Waals surface area contributed by atoms with Crippen LogP contribution in [0.5, 0.6) is 0 Å². The highest BCUT2D eigenvalue weighted by Gasteiger charge is 2.30. The predicted octanol–water partition coefficient (Wildman–Crippen LogP) is 2.17. The number of hydrogen-bond acceptors (Lipinski definition) is 2. The smallest absolute Gasteiger partial charge is 0.369 e. The van der Waals surface area contributed by atoms with Crippen LogP contribution in [-0.2, 0) is 13.2 Å². The lowest BCUT2D eigenvalue weighted by Gasteiger charge is -2.06. The maximum absolute atomic E-state index is 12.4. The molecule has 0 unspecified atom stereocenters. The van der Waals surface area contributed by atoms with E-state index in [1.54, 1.807) is 7.05 Å². The van der Waals surface area contributed by atoms with Crippen molar-refractivity contribution < 1.29 is 13.2 Å². The van der Waals surface area contributed by atoms with Gasteiger partial charge in [-0.15, -0.1) is 0 Å². The first kappa shape index (κ1) is 9.82. The zero-order chi connectivity index (χ0) is 11.2. The minimum absolute atomic E-state index is 0.198. The fourth-order valence-corrected chi connectivity index (χ4v) is 1.38. The maximum atomic E-state index is 12.4. The molecule has 0 aliphatic rings. The van der Waals surface area contributed by atoms with Crippen molar-refractivity contribution in [3.8, 4) is 0 Å². The first-order valence-electron chi connectivity index (χ1n) is 4.19. The summed E-state index contributed by atoms with van der Waals surface area (Å²) in [4.78, 5) is 3.91. The van der Waals surface area contributed by atoms with Crippen LogP contribution < -0.4 is 5.73 Å². The Balaban J connectivity index is 2.70. The topological polar surface area (TPSA) is 43.8 Å². The van der Waals surface area contributed by atoms with Crippen LogP contribution in [0.1, 0.15) is 5.56 Å². The van der Waals surface area contributed by atoms with Crippen LogP contribution in [-0.4, -0.2) is 9.55 Å². The number of anilines is 1. The molecule has 0 bridgehead atoms. The summed E-state index contributed by atoms with van der Waals surface area (Å²) in [7, 11) is 1.57. The van der Waals surface area contributed by atoms with E-state index >= 15 is 0 Å². The lowest BCUT2D eigenvalue weighted by atomic mass is 10.2. The van der Waals surface area contributed by atoms with Gasteiger partial charge in [-0.2, -0.15) is 13.2 Å². The molecule has 2 rings (SSSR count). The van der Waals surface area contributed by atoms with Gasteiger partial charge in [-0.05, 0) is 18.2 Å². The van der Waals surface area contributed by atoms with Gasteiger partial charge in [0.05, 0.1) is 16.6 Å². The third kappa shape index (κ3) is 1.51. The number of alkyl halides is 3. The van der Waals surface area contributed by atoms with E-state index in [-0.39, 0.29) is 5.95 Å². The van der Waals surface area contributed by atoms with Crippen molar-refractivity contribution in [2.45, 2.75) is 6.18 Å². The summed E-state index contributed by atoms with van der Waals surface area (Å²) in [5, 5.41) is 0. The molecule has 0 fully saturated rings. The minimum atomic E-state index is -4.34. The van der Waals surface area contributed by atoms with Gasteiger partial charge in [-0.3, -0.25) is 0 Å². The van der Waals surface area contributed by atoms with E-state index in [0.29, 0.717) is 11.0 Å². The Morgan fingerprint density at radius 1 is 1.33 bits per heavy atom. The van der Waals surface area contributed by atoms with Crippen LogP contribution in [0, 0.1) is 0 Å². The number of benzene rings is 1. The van der Waals surface area contributed by atoms with Gasteiger partial charge in [0.15, 0.2) is 0 Å². The molecule has 6 heteroatoms. The molecule has 15 heavy (non-hydrogen) atoms. The average molecular weight is 215 g/mol. The normalized spacial score (nSPS) is 12.3. The van der Waals surface area contributed by atoms with Gasteiger partial charge in [0, 0.05) is 7.05 Å². The Bertz CT molecular complexity index is 513. The first-order valence-corrected chi connectivity index (χ1v) is 4.19. The molecule has 1 aromatic carbocycles. The highest BCUT2D eigenvalue weighted by molar-refractivity contribution is 5.79. The van der Waals surface area contributed by atoms with Crippen molar-refractivity contribution in [2.75, 3.05) is 5.73 Å². The molecule has 0 spiro atoms. The number of nitrogens with zero attached hydrogens (tertiary/aromatic N) is 2. The first-order chi connectivity index (χ1) is 6.89. The highest BCUT2D eigenvalue weighted by atomic mass is 19.4. The Hall–Kier alpha value is -1.72. The molecule has 0 saturated heterocycles. The highest BCUT2D eigenvalue weighted by Crippen LogP contribution is 2.31. The Kier molecular flexibility index (Phi) is 1.89. The van der Waals surface area contributed by atoms with Gasteiger partial charge in [0.1, 0.15) is 0 Å². The van der Waals surface area contributed by atoms with Crippen LogP contribution in [0.2, 0.25) is 0 Å². The average Bonchev–Trinajstić information content (AvgIpc) is 2.41. The fraction of sp³-hybridized carbons (Fsp3) is 0.222. The number of aryl methyl sites for hydroxylation is 1. The second-order valence-electron chi connectivity index (χ2n) is 3.23. The SMILES string of the molecule is Cn1c(N)nc2ccc(C(F)(F)F)cc21. The van der Waals surface area contributed by atoms with E-state index in [9.17, 15) is 13.2 Å². The molecule has 0 radical (unpaired) electrons. The molecule has 0 aliphatic heterocycles. The lowest BCUT2D eigenvalue weighted by molar-refractivity contribution is -0.137. The van der Waals surface area contributed by atoms with E-state index in [2.05, 4.69) is 4.98 Å². The molecule has 80 valence electrons. The second-order valence-corrected chi connectivity index (χ2v) is 3.23. The summed E-state index contributed by atoms with van der Waals surface area (Å²) in [6, 6.07) is 3.35. The number of hydrogen-bond donors (Lipinski definition) is 1. The summed E-state index contributed by atoms with van der Waals surface area (Å²) in [6.07, 6.45) is -4.34. The number of halogens is 3. The molecule has 1 aromatic heterocycles. The van der Waals surface area contributed by atoms with Crippen LogP contribution in [0.4, 0.5) is 19.1 Å². The molecule has 0 amide bonds. The van der Waals surface area contributed by atoms with Crippen molar-refractivity contribution in [1.29, 1.82) is 0 Å². The Labute approximate surface area is 83.3 Å². The largest absolute Gasteiger partial charge is 0.416 e. The maximum Gasteiger partial charge on any atom is 0.416 e. The van der Waals surface area contributed by atoms with Crippen LogP contribution in [0.25, 0.3) is 11.0 Å². The predicted molar refractivity (Wildman–Crippen MR) is 50.1 cm³/mol. The van der Waals surface area contributed by atoms with E-state index in [4.69, 9.17) is 5.73 Å². The quantitative estimate of drug-likeness (QED) is 0.731. The molecule has 3 nitrogen and oxygen atoms in total. The molecule has 0 aliphatic carbocycles. The number of rotatable bonds is 0. The number of nitrogens with two attached hydrogens (primary N) is 1. The molecule has 0 atom stereocenters. The number of aromatic nitrogens is 2. The summed E-state index contributed by atoms with van der Waals surface area (Å²) in [5.41, 5.74) is 5.62. The summed E-state index contributed by atoms with van der Waals surface area (Å²) in [5.74, 6) is 0.198. The van der Waals surface area contributed by atoms with E-state index in [1.807, 2.05) is 0 Å². The molecular formula is C9H8F3N3. The summed E-state index contributed by atoms with van der Waals surface area (Å²) in [6.45, 7) is 0. The minimum Gasteiger partial charge on any atom is -0.369 e. The Morgan fingerprint density at radius 2 is 2.00 bits per heavy atom. The summed E-state index contributed by atoms with van der Waals surface area (Å²) < 4.78 is 38.6. The number of nitrogen functional groups attached to an aromatic ring is 1. The summed E-state index contributed by atoms with van der Waals surface area (Å²) >= 11 is 0. The van der Waals surface area contributed by atoms with Gasteiger partial charge in [0.25, 0.3) is 0 Å². The standard InChI is InChI=1S/C9H8F3N3/c1-15-7-4-5(9(10,11)12)2-3-6(7)14-8(15)13/h2-4H,1H3,(H2,13,14). The second kappa shape index (κ2) is 2.88. The molecule has 2 aromatic rings. The van der Waals surface area contributed by atoms with Gasteiger partial charge >= 0.3 is 6.18 Å².